The molecular formula is C10H13NO. The summed E-state index contributed by atoms with van der Waals surface area (Å²) in [5, 5.41) is 0. The first-order valence-corrected chi connectivity index (χ1v) is 4.35. The summed E-state index contributed by atoms with van der Waals surface area (Å²) in [4.78, 5) is 0. The highest BCUT2D eigenvalue weighted by atomic mass is 16.3. The van der Waals surface area contributed by atoms with Crippen molar-refractivity contribution in [3.05, 3.63) is 30.2 Å². The van der Waals surface area contributed by atoms with Crippen LogP contribution in [0.4, 0.5) is 0 Å². The first-order chi connectivity index (χ1) is 5.86. The Kier molecular flexibility index (Phi) is 2.00. The lowest BCUT2D eigenvalue weighted by Crippen LogP contribution is -2.21. The third kappa shape index (κ3) is 1.43. The average Bonchev–Trinajstić information content (AvgIpc) is 2.58. The van der Waals surface area contributed by atoms with Crippen molar-refractivity contribution >= 4 is 5.57 Å². The second-order valence-corrected chi connectivity index (χ2v) is 3.24. The molecular weight excluding hydrogens is 150 g/mol. The van der Waals surface area contributed by atoms with Crippen molar-refractivity contribution in [2.45, 2.75) is 25.3 Å². The van der Waals surface area contributed by atoms with Gasteiger partial charge in [0.2, 0.25) is 0 Å². The summed E-state index contributed by atoms with van der Waals surface area (Å²) >= 11 is 0. The molecule has 0 spiro atoms. The van der Waals surface area contributed by atoms with Gasteiger partial charge in [-0.2, -0.15) is 0 Å². The normalized spacial score (nSPS) is 23.8. The summed E-state index contributed by atoms with van der Waals surface area (Å²) in [6.45, 7) is 0. The van der Waals surface area contributed by atoms with Crippen LogP contribution in [-0.4, -0.2) is 6.04 Å². The Hall–Kier alpha value is -1.02. The second-order valence-electron chi connectivity index (χ2n) is 3.24. The highest BCUT2D eigenvalue weighted by Gasteiger charge is 2.12. The molecule has 0 aromatic carbocycles. The maximum absolute atomic E-state index is 5.78. The Labute approximate surface area is 72.1 Å². The molecule has 1 aromatic heterocycles. The number of nitrogens with two attached hydrogens (primary N) is 1. The number of rotatable bonds is 1. The van der Waals surface area contributed by atoms with Crippen LogP contribution in [0.1, 0.15) is 25.0 Å². The van der Waals surface area contributed by atoms with Gasteiger partial charge in [0.05, 0.1) is 6.26 Å². The molecule has 2 N–H and O–H groups in total. The lowest BCUT2D eigenvalue weighted by Gasteiger charge is -2.16. The van der Waals surface area contributed by atoms with Crippen LogP contribution in [0.3, 0.4) is 0 Å². The van der Waals surface area contributed by atoms with E-state index in [-0.39, 0.29) is 0 Å². The van der Waals surface area contributed by atoms with E-state index in [0.29, 0.717) is 6.04 Å². The maximum Gasteiger partial charge on any atom is 0.129 e. The van der Waals surface area contributed by atoms with Crippen molar-refractivity contribution in [2.24, 2.45) is 5.73 Å². The van der Waals surface area contributed by atoms with E-state index < -0.39 is 0 Å². The second kappa shape index (κ2) is 3.15. The van der Waals surface area contributed by atoms with E-state index in [4.69, 9.17) is 10.2 Å². The van der Waals surface area contributed by atoms with Crippen LogP contribution in [0.2, 0.25) is 0 Å². The Morgan fingerprint density at radius 3 is 3.00 bits per heavy atom. The van der Waals surface area contributed by atoms with Gasteiger partial charge in [-0.15, -0.1) is 0 Å². The summed E-state index contributed by atoms with van der Waals surface area (Å²) in [5.41, 5.74) is 7.08. The third-order valence-corrected chi connectivity index (χ3v) is 2.29. The Balaban J connectivity index is 2.16. The van der Waals surface area contributed by atoms with E-state index in [9.17, 15) is 0 Å². The van der Waals surface area contributed by atoms with Gasteiger partial charge in [0.15, 0.2) is 0 Å². The average molecular weight is 163 g/mol. The molecule has 0 saturated carbocycles. The fraction of sp³-hybridized carbons (Fsp3) is 0.400. The lowest BCUT2D eigenvalue weighted by molar-refractivity contribution is 0.538. The largest absolute Gasteiger partial charge is 0.465 e. The predicted molar refractivity (Wildman–Crippen MR) is 48.5 cm³/mol. The van der Waals surface area contributed by atoms with Gasteiger partial charge in [-0.25, -0.2) is 0 Å². The maximum atomic E-state index is 5.78. The summed E-state index contributed by atoms with van der Waals surface area (Å²) < 4.78 is 5.30. The van der Waals surface area contributed by atoms with Gasteiger partial charge in [0.25, 0.3) is 0 Å². The van der Waals surface area contributed by atoms with Crippen molar-refractivity contribution in [3.63, 3.8) is 0 Å². The summed E-state index contributed by atoms with van der Waals surface area (Å²) in [6, 6.07) is 4.27. The van der Waals surface area contributed by atoms with E-state index in [1.165, 1.54) is 5.57 Å². The van der Waals surface area contributed by atoms with Crippen LogP contribution in [0, 0.1) is 0 Å². The summed E-state index contributed by atoms with van der Waals surface area (Å²) in [5.74, 6) is 1.00. The van der Waals surface area contributed by atoms with E-state index in [0.717, 1.165) is 25.0 Å². The first-order valence-electron chi connectivity index (χ1n) is 4.35. The molecule has 2 heteroatoms. The molecule has 2 rings (SSSR count). The van der Waals surface area contributed by atoms with Crippen molar-refractivity contribution in [1.82, 2.24) is 0 Å². The highest BCUT2D eigenvalue weighted by molar-refractivity contribution is 5.62. The Morgan fingerprint density at radius 1 is 1.50 bits per heavy atom. The molecule has 12 heavy (non-hydrogen) atoms. The van der Waals surface area contributed by atoms with Crippen LogP contribution in [0.15, 0.2) is 28.9 Å². The van der Waals surface area contributed by atoms with Crippen LogP contribution in [0.25, 0.3) is 5.57 Å². The standard InChI is InChI=1S/C10H13NO/c11-9-5-3-8(4-6-9)10-2-1-7-12-10/h1-3,7,9H,4-6,11H2. The van der Waals surface area contributed by atoms with Gasteiger partial charge in [0, 0.05) is 6.04 Å². The molecule has 1 aliphatic carbocycles. The highest BCUT2D eigenvalue weighted by Crippen LogP contribution is 2.26. The summed E-state index contributed by atoms with van der Waals surface area (Å²) in [7, 11) is 0. The number of hydrogen-bond acceptors (Lipinski definition) is 2. The zero-order valence-electron chi connectivity index (χ0n) is 6.99. The van der Waals surface area contributed by atoms with E-state index in [2.05, 4.69) is 6.08 Å². The number of furan rings is 1. The molecule has 0 aliphatic heterocycles. The molecule has 1 atom stereocenters. The SMILES string of the molecule is NC1CC=C(c2ccco2)CC1. The van der Waals surface area contributed by atoms with Gasteiger partial charge < -0.3 is 10.2 Å². The van der Waals surface area contributed by atoms with E-state index in [1.54, 1.807) is 6.26 Å². The van der Waals surface area contributed by atoms with Crippen molar-refractivity contribution in [1.29, 1.82) is 0 Å². The first kappa shape index (κ1) is 7.62. The van der Waals surface area contributed by atoms with Gasteiger partial charge in [-0.3, -0.25) is 0 Å². The minimum atomic E-state index is 0.351. The molecule has 1 heterocycles. The topological polar surface area (TPSA) is 39.2 Å². The fourth-order valence-electron chi connectivity index (χ4n) is 1.54. The molecule has 0 bridgehead atoms. The molecule has 1 aliphatic rings. The van der Waals surface area contributed by atoms with Crippen molar-refractivity contribution < 1.29 is 4.42 Å². The smallest absolute Gasteiger partial charge is 0.129 e. The summed E-state index contributed by atoms with van der Waals surface area (Å²) in [6.07, 6.45) is 7.01. The van der Waals surface area contributed by atoms with Gasteiger partial charge in [0.1, 0.15) is 5.76 Å². The third-order valence-electron chi connectivity index (χ3n) is 2.29. The molecule has 0 saturated heterocycles. The fourth-order valence-corrected chi connectivity index (χ4v) is 1.54. The minimum absolute atomic E-state index is 0.351. The van der Waals surface area contributed by atoms with Gasteiger partial charge in [-0.1, -0.05) is 6.08 Å². The molecule has 0 fully saturated rings. The monoisotopic (exact) mass is 163 g/mol. The lowest BCUT2D eigenvalue weighted by atomic mass is 9.94. The van der Waals surface area contributed by atoms with Gasteiger partial charge >= 0.3 is 0 Å². The number of hydrogen-bond donors (Lipinski definition) is 1. The van der Waals surface area contributed by atoms with Crippen LogP contribution in [0.5, 0.6) is 0 Å². The van der Waals surface area contributed by atoms with Crippen molar-refractivity contribution in [2.75, 3.05) is 0 Å². The van der Waals surface area contributed by atoms with Gasteiger partial charge in [-0.05, 0) is 37.0 Å². The molecule has 0 radical (unpaired) electrons. The minimum Gasteiger partial charge on any atom is -0.465 e. The van der Waals surface area contributed by atoms with E-state index >= 15 is 0 Å². The Morgan fingerprint density at radius 2 is 2.42 bits per heavy atom. The Bertz CT molecular complexity index is 274. The zero-order chi connectivity index (χ0) is 8.39. The van der Waals surface area contributed by atoms with Crippen molar-refractivity contribution in [3.8, 4) is 0 Å². The molecule has 64 valence electrons. The quantitative estimate of drug-likeness (QED) is 0.689. The van der Waals surface area contributed by atoms with Crippen LogP contribution in [-0.2, 0) is 0 Å². The van der Waals surface area contributed by atoms with Crippen LogP contribution >= 0.6 is 0 Å². The molecule has 0 amide bonds. The molecule has 1 aromatic rings. The van der Waals surface area contributed by atoms with E-state index in [1.807, 2.05) is 12.1 Å². The number of allylic oxidation sites excluding steroid dienone is 1. The predicted octanol–water partition coefficient (Wildman–Crippen LogP) is 2.17. The van der Waals surface area contributed by atoms with Crippen LogP contribution < -0.4 is 5.73 Å². The molecule has 2 nitrogen and oxygen atoms in total. The zero-order valence-corrected chi connectivity index (χ0v) is 6.99. The molecule has 1 unspecified atom stereocenters.